The Morgan fingerprint density at radius 2 is 2.00 bits per heavy atom. The van der Waals surface area contributed by atoms with Crippen LogP contribution in [0.4, 0.5) is 0 Å². The minimum absolute atomic E-state index is 0.316. The third kappa shape index (κ3) is 6.99. The Balaban J connectivity index is 3.74. The second-order valence-corrected chi connectivity index (χ2v) is 1.87. The number of carbonyl (C=O) groups excluding carboxylic acids is 1. The largest absolute Gasteiger partial charge is 0.426 e. The molecule has 0 aliphatic carbocycles. The average molecular weight is 126 g/mol. The first kappa shape index (κ1) is 7.99. The summed E-state index contributed by atoms with van der Waals surface area (Å²) in [5, 5.41) is 0. The standard InChI is InChI=1S/C7H10O2/c1-6(2)4-5-9-7(3)8/h5H,1-3H3. The molecule has 0 unspecified atom stereocenters. The Labute approximate surface area is 54.8 Å². The molecule has 0 N–H and O–H groups in total. The molecule has 0 aromatic rings. The first-order valence-electron chi connectivity index (χ1n) is 2.68. The van der Waals surface area contributed by atoms with Crippen molar-refractivity contribution in [1.82, 2.24) is 0 Å². The summed E-state index contributed by atoms with van der Waals surface area (Å²) in [5.74, 6) is -0.316. The zero-order chi connectivity index (χ0) is 7.28. The highest BCUT2D eigenvalue weighted by Crippen LogP contribution is 1.83. The number of hydrogen-bond acceptors (Lipinski definition) is 2. The van der Waals surface area contributed by atoms with E-state index in [1.54, 1.807) is 0 Å². The Morgan fingerprint density at radius 3 is 2.33 bits per heavy atom. The Bertz CT molecular complexity index is 158. The average Bonchev–Trinajstić information content (AvgIpc) is 1.63. The molecule has 0 aromatic heterocycles. The van der Waals surface area contributed by atoms with Gasteiger partial charge in [-0.05, 0) is 19.4 Å². The van der Waals surface area contributed by atoms with Gasteiger partial charge < -0.3 is 4.74 Å². The summed E-state index contributed by atoms with van der Waals surface area (Å²) in [6.45, 7) is 5.10. The van der Waals surface area contributed by atoms with Crippen molar-refractivity contribution in [2.24, 2.45) is 0 Å². The number of carbonyl (C=O) groups is 1. The smallest absolute Gasteiger partial charge is 0.308 e. The van der Waals surface area contributed by atoms with Crippen LogP contribution in [-0.2, 0) is 9.53 Å². The van der Waals surface area contributed by atoms with E-state index in [1.165, 1.54) is 13.2 Å². The van der Waals surface area contributed by atoms with Crippen LogP contribution in [-0.4, -0.2) is 5.97 Å². The second kappa shape index (κ2) is 3.93. The maximum absolute atomic E-state index is 10.1. The van der Waals surface area contributed by atoms with Gasteiger partial charge in [-0.3, -0.25) is 4.79 Å². The Morgan fingerprint density at radius 1 is 1.44 bits per heavy atom. The van der Waals surface area contributed by atoms with Gasteiger partial charge in [-0.2, -0.15) is 0 Å². The number of rotatable bonds is 1. The fraction of sp³-hybridized carbons (Fsp3) is 0.429. The van der Waals surface area contributed by atoms with Gasteiger partial charge in [-0.25, -0.2) is 0 Å². The van der Waals surface area contributed by atoms with Crippen molar-refractivity contribution in [2.45, 2.75) is 20.8 Å². The highest BCUT2D eigenvalue weighted by atomic mass is 16.5. The molecule has 50 valence electrons. The van der Waals surface area contributed by atoms with Gasteiger partial charge in [0.25, 0.3) is 0 Å². The molecule has 2 nitrogen and oxygen atoms in total. The molecular weight excluding hydrogens is 116 g/mol. The quantitative estimate of drug-likeness (QED) is 0.303. The van der Waals surface area contributed by atoms with Gasteiger partial charge in [-0.1, -0.05) is 5.73 Å². The summed E-state index contributed by atoms with van der Waals surface area (Å²) in [4.78, 5) is 10.1. The third-order valence-electron chi connectivity index (χ3n) is 0.572. The molecule has 0 amide bonds. The van der Waals surface area contributed by atoms with Crippen molar-refractivity contribution >= 4 is 5.97 Å². The minimum atomic E-state index is -0.316. The van der Waals surface area contributed by atoms with Crippen LogP contribution in [0.5, 0.6) is 0 Å². The van der Waals surface area contributed by atoms with Crippen LogP contribution in [0.1, 0.15) is 20.8 Å². The fourth-order valence-electron chi connectivity index (χ4n) is 0.230. The molecule has 9 heavy (non-hydrogen) atoms. The van der Waals surface area contributed by atoms with E-state index in [-0.39, 0.29) is 5.97 Å². The number of ether oxygens (including phenoxy) is 1. The predicted molar refractivity (Wildman–Crippen MR) is 34.7 cm³/mol. The Kier molecular flexibility index (Phi) is 3.49. The fourth-order valence-corrected chi connectivity index (χ4v) is 0.230. The molecule has 0 saturated heterocycles. The molecule has 0 atom stereocenters. The summed E-state index contributed by atoms with van der Waals surface area (Å²) in [6, 6.07) is 0. The first-order valence-corrected chi connectivity index (χ1v) is 2.68. The molecule has 0 fully saturated rings. The summed E-state index contributed by atoms with van der Waals surface area (Å²) < 4.78 is 4.46. The van der Waals surface area contributed by atoms with Crippen LogP contribution in [0.25, 0.3) is 0 Å². The van der Waals surface area contributed by atoms with Crippen molar-refractivity contribution in [3.05, 3.63) is 17.6 Å². The molecule has 0 saturated carbocycles. The van der Waals surface area contributed by atoms with Crippen molar-refractivity contribution in [1.29, 1.82) is 0 Å². The van der Waals surface area contributed by atoms with Gasteiger partial charge in [0, 0.05) is 6.92 Å². The van der Waals surface area contributed by atoms with Crippen molar-refractivity contribution in [3.8, 4) is 0 Å². The van der Waals surface area contributed by atoms with Crippen LogP contribution in [0, 0.1) is 0 Å². The highest BCUT2D eigenvalue weighted by molar-refractivity contribution is 5.66. The van der Waals surface area contributed by atoms with Crippen molar-refractivity contribution in [2.75, 3.05) is 0 Å². The van der Waals surface area contributed by atoms with Gasteiger partial charge in [0.05, 0.1) is 0 Å². The van der Waals surface area contributed by atoms with E-state index < -0.39 is 0 Å². The lowest BCUT2D eigenvalue weighted by Crippen LogP contribution is -1.88. The highest BCUT2D eigenvalue weighted by Gasteiger charge is 1.81. The lowest BCUT2D eigenvalue weighted by atomic mass is 10.4. The molecule has 0 bridgehead atoms. The van der Waals surface area contributed by atoms with Crippen LogP contribution >= 0.6 is 0 Å². The maximum Gasteiger partial charge on any atom is 0.308 e. The van der Waals surface area contributed by atoms with E-state index in [4.69, 9.17) is 0 Å². The van der Waals surface area contributed by atoms with Crippen molar-refractivity contribution in [3.63, 3.8) is 0 Å². The molecule has 0 spiro atoms. The monoisotopic (exact) mass is 126 g/mol. The van der Waals surface area contributed by atoms with E-state index in [0.717, 1.165) is 5.57 Å². The van der Waals surface area contributed by atoms with E-state index in [9.17, 15) is 4.79 Å². The zero-order valence-corrected chi connectivity index (χ0v) is 5.89. The van der Waals surface area contributed by atoms with Gasteiger partial charge in [0.15, 0.2) is 0 Å². The zero-order valence-electron chi connectivity index (χ0n) is 5.89. The van der Waals surface area contributed by atoms with Crippen LogP contribution < -0.4 is 0 Å². The van der Waals surface area contributed by atoms with Gasteiger partial charge in [-0.15, -0.1) is 0 Å². The molecular formula is C7H10O2. The van der Waals surface area contributed by atoms with Gasteiger partial charge in [0.1, 0.15) is 6.26 Å². The van der Waals surface area contributed by atoms with Crippen LogP contribution in [0.15, 0.2) is 17.6 Å². The topological polar surface area (TPSA) is 26.3 Å². The SMILES string of the molecule is CC(=O)OC=C=C(C)C. The van der Waals surface area contributed by atoms with E-state index in [0.29, 0.717) is 0 Å². The molecule has 0 aliphatic rings. The van der Waals surface area contributed by atoms with E-state index >= 15 is 0 Å². The van der Waals surface area contributed by atoms with E-state index in [2.05, 4.69) is 10.5 Å². The Hall–Kier alpha value is -1.01. The first-order chi connectivity index (χ1) is 4.13. The maximum atomic E-state index is 10.1. The molecule has 0 aromatic carbocycles. The van der Waals surface area contributed by atoms with Crippen molar-refractivity contribution < 1.29 is 9.53 Å². The number of allylic oxidation sites excluding steroid dienone is 1. The predicted octanol–water partition coefficient (Wildman–Crippen LogP) is 1.63. The number of esters is 1. The summed E-state index contributed by atoms with van der Waals surface area (Å²) in [7, 11) is 0. The molecule has 0 radical (unpaired) electrons. The van der Waals surface area contributed by atoms with Gasteiger partial charge >= 0.3 is 5.97 Å². The lowest BCUT2D eigenvalue weighted by Gasteiger charge is -1.85. The van der Waals surface area contributed by atoms with E-state index in [1.807, 2.05) is 13.8 Å². The lowest BCUT2D eigenvalue weighted by molar-refractivity contribution is -0.135. The third-order valence-corrected chi connectivity index (χ3v) is 0.572. The second-order valence-electron chi connectivity index (χ2n) is 1.87. The minimum Gasteiger partial charge on any atom is -0.426 e. The number of hydrogen-bond donors (Lipinski definition) is 0. The van der Waals surface area contributed by atoms with Crippen LogP contribution in [0.2, 0.25) is 0 Å². The van der Waals surface area contributed by atoms with Crippen LogP contribution in [0.3, 0.4) is 0 Å². The molecule has 0 rings (SSSR count). The van der Waals surface area contributed by atoms with Gasteiger partial charge in [0.2, 0.25) is 0 Å². The molecule has 2 heteroatoms. The molecule has 0 heterocycles. The summed E-state index contributed by atoms with van der Waals surface area (Å²) in [6.07, 6.45) is 1.26. The normalized spacial score (nSPS) is 7.44. The molecule has 0 aliphatic heterocycles. The summed E-state index contributed by atoms with van der Waals surface area (Å²) >= 11 is 0. The summed E-state index contributed by atoms with van der Waals surface area (Å²) in [5.41, 5.74) is 3.71.